The second kappa shape index (κ2) is 5.80. The molecule has 0 saturated carbocycles. The molecule has 0 aliphatic carbocycles. The van der Waals surface area contributed by atoms with Crippen LogP contribution in [0.15, 0.2) is 41.0 Å². The Balaban J connectivity index is 2.10. The second-order valence-corrected chi connectivity index (χ2v) is 4.65. The molecule has 100 valence electrons. The Kier molecular flexibility index (Phi) is 4.12. The summed E-state index contributed by atoms with van der Waals surface area (Å²) in [5.74, 6) is 0.518. The van der Waals surface area contributed by atoms with E-state index >= 15 is 0 Å². The van der Waals surface area contributed by atoms with Gasteiger partial charge in [-0.2, -0.15) is 0 Å². The molecule has 0 radical (unpaired) electrons. The molecule has 4 nitrogen and oxygen atoms in total. The van der Waals surface area contributed by atoms with E-state index in [1.807, 2.05) is 13.8 Å². The van der Waals surface area contributed by atoms with Crippen LogP contribution < -0.4 is 10.1 Å². The Bertz CT molecular complexity index is 564. The van der Waals surface area contributed by atoms with Gasteiger partial charge in [-0.1, -0.05) is 11.6 Å². The van der Waals surface area contributed by atoms with Crippen molar-refractivity contribution >= 4 is 23.2 Å². The molecule has 0 aliphatic heterocycles. The molecule has 1 aromatic heterocycles. The van der Waals surface area contributed by atoms with Crippen LogP contribution in [0.3, 0.4) is 0 Å². The van der Waals surface area contributed by atoms with Crippen LogP contribution in [0, 0.1) is 0 Å². The molecular formula is C14H14ClNO3. The summed E-state index contributed by atoms with van der Waals surface area (Å²) >= 11 is 6.08. The summed E-state index contributed by atoms with van der Waals surface area (Å²) in [5.41, 5.74) is 0.586. The van der Waals surface area contributed by atoms with E-state index in [1.54, 1.807) is 30.3 Å². The lowest BCUT2D eigenvalue weighted by molar-refractivity contribution is 0.0996. The number of nitrogens with one attached hydrogen (secondary N) is 1. The summed E-state index contributed by atoms with van der Waals surface area (Å²) < 4.78 is 10.5. The third-order valence-corrected chi connectivity index (χ3v) is 2.59. The molecule has 0 fully saturated rings. The third kappa shape index (κ3) is 3.51. The van der Waals surface area contributed by atoms with Gasteiger partial charge < -0.3 is 14.5 Å². The van der Waals surface area contributed by atoms with E-state index in [0.717, 1.165) is 0 Å². The van der Waals surface area contributed by atoms with Crippen molar-refractivity contribution in [3.8, 4) is 5.75 Å². The summed E-state index contributed by atoms with van der Waals surface area (Å²) in [5, 5.41) is 3.14. The van der Waals surface area contributed by atoms with Crippen LogP contribution in [-0.2, 0) is 0 Å². The van der Waals surface area contributed by atoms with Crippen LogP contribution in [0.4, 0.5) is 5.69 Å². The van der Waals surface area contributed by atoms with Crippen LogP contribution >= 0.6 is 11.6 Å². The molecule has 2 rings (SSSR count). The van der Waals surface area contributed by atoms with Crippen LogP contribution in [0.5, 0.6) is 5.75 Å². The number of halogens is 1. The van der Waals surface area contributed by atoms with E-state index in [0.29, 0.717) is 16.5 Å². The number of rotatable bonds is 4. The number of hydrogen-bond acceptors (Lipinski definition) is 3. The lowest BCUT2D eigenvalue weighted by atomic mass is 10.3. The van der Waals surface area contributed by atoms with Gasteiger partial charge in [0.25, 0.3) is 5.91 Å². The van der Waals surface area contributed by atoms with Crippen molar-refractivity contribution < 1.29 is 13.9 Å². The van der Waals surface area contributed by atoms with Gasteiger partial charge in [-0.05, 0) is 44.2 Å². The lowest BCUT2D eigenvalue weighted by Crippen LogP contribution is -2.11. The van der Waals surface area contributed by atoms with Gasteiger partial charge in [-0.15, -0.1) is 0 Å². The van der Waals surface area contributed by atoms with Crippen LogP contribution in [0.2, 0.25) is 5.02 Å². The number of anilines is 1. The Labute approximate surface area is 116 Å². The fourth-order valence-corrected chi connectivity index (χ4v) is 1.75. The van der Waals surface area contributed by atoms with Crippen molar-refractivity contribution in [3.63, 3.8) is 0 Å². The monoisotopic (exact) mass is 279 g/mol. The molecule has 5 heteroatoms. The van der Waals surface area contributed by atoms with Gasteiger partial charge in [-0.25, -0.2) is 0 Å². The standard InChI is InChI=1S/C14H14ClNO3/c1-9(2)19-12-6-5-10(8-11(12)15)16-14(17)13-4-3-7-18-13/h3-9H,1-2H3,(H,16,17). The first kappa shape index (κ1) is 13.5. The van der Waals surface area contributed by atoms with Crippen molar-refractivity contribution in [3.05, 3.63) is 47.4 Å². The predicted molar refractivity (Wildman–Crippen MR) is 73.9 cm³/mol. The Morgan fingerprint density at radius 2 is 2.16 bits per heavy atom. The van der Waals surface area contributed by atoms with Crippen molar-refractivity contribution in [1.82, 2.24) is 0 Å². The first-order valence-corrected chi connectivity index (χ1v) is 6.25. The highest BCUT2D eigenvalue weighted by atomic mass is 35.5. The van der Waals surface area contributed by atoms with Crippen LogP contribution in [0.1, 0.15) is 24.4 Å². The molecule has 0 bridgehead atoms. The van der Waals surface area contributed by atoms with E-state index < -0.39 is 0 Å². The molecule has 0 unspecified atom stereocenters. The molecule has 0 atom stereocenters. The zero-order valence-electron chi connectivity index (χ0n) is 10.6. The van der Waals surface area contributed by atoms with Crippen LogP contribution in [-0.4, -0.2) is 12.0 Å². The Morgan fingerprint density at radius 1 is 1.37 bits per heavy atom. The topological polar surface area (TPSA) is 51.5 Å². The highest BCUT2D eigenvalue weighted by Gasteiger charge is 2.10. The normalized spacial score (nSPS) is 10.5. The Morgan fingerprint density at radius 3 is 2.74 bits per heavy atom. The first-order chi connectivity index (χ1) is 9.06. The lowest BCUT2D eigenvalue weighted by Gasteiger charge is -2.12. The molecular weight excluding hydrogens is 266 g/mol. The number of benzene rings is 1. The Hall–Kier alpha value is -1.94. The summed E-state index contributed by atoms with van der Waals surface area (Å²) in [4.78, 5) is 11.8. The quantitative estimate of drug-likeness (QED) is 0.921. The van der Waals surface area contributed by atoms with E-state index in [4.69, 9.17) is 20.8 Å². The maximum absolute atomic E-state index is 11.8. The van der Waals surface area contributed by atoms with Gasteiger partial charge in [0.05, 0.1) is 17.4 Å². The zero-order valence-corrected chi connectivity index (χ0v) is 11.4. The van der Waals surface area contributed by atoms with Crippen LogP contribution in [0.25, 0.3) is 0 Å². The molecule has 0 spiro atoms. The minimum Gasteiger partial charge on any atom is -0.489 e. The molecule has 0 aliphatic rings. The molecule has 2 aromatic rings. The number of amides is 1. The summed E-state index contributed by atoms with van der Waals surface area (Å²) in [6, 6.07) is 8.33. The molecule has 19 heavy (non-hydrogen) atoms. The predicted octanol–water partition coefficient (Wildman–Crippen LogP) is 3.97. The van der Waals surface area contributed by atoms with E-state index in [-0.39, 0.29) is 17.8 Å². The molecule has 1 aromatic carbocycles. The highest BCUT2D eigenvalue weighted by Crippen LogP contribution is 2.28. The fraction of sp³-hybridized carbons (Fsp3) is 0.214. The smallest absolute Gasteiger partial charge is 0.291 e. The van der Waals surface area contributed by atoms with Gasteiger partial charge in [-0.3, -0.25) is 4.79 Å². The van der Waals surface area contributed by atoms with E-state index in [9.17, 15) is 4.79 Å². The van der Waals surface area contributed by atoms with Gasteiger partial charge >= 0.3 is 0 Å². The number of carbonyl (C=O) groups excluding carboxylic acids is 1. The average molecular weight is 280 g/mol. The first-order valence-electron chi connectivity index (χ1n) is 5.87. The van der Waals surface area contributed by atoms with Crippen molar-refractivity contribution in [2.45, 2.75) is 20.0 Å². The van der Waals surface area contributed by atoms with Gasteiger partial charge in [0, 0.05) is 5.69 Å². The highest BCUT2D eigenvalue weighted by molar-refractivity contribution is 6.32. The average Bonchev–Trinajstić information content (AvgIpc) is 2.86. The summed E-state index contributed by atoms with van der Waals surface area (Å²) in [6.45, 7) is 3.84. The van der Waals surface area contributed by atoms with Gasteiger partial charge in [0.1, 0.15) is 5.75 Å². The largest absolute Gasteiger partial charge is 0.489 e. The maximum Gasteiger partial charge on any atom is 0.291 e. The SMILES string of the molecule is CC(C)Oc1ccc(NC(=O)c2ccco2)cc1Cl. The second-order valence-electron chi connectivity index (χ2n) is 4.24. The molecule has 0 saturated heterocycles. The number of hydrogen-bond donors (Lipinski definition) is 1. The van der Waals surface area contributed by atoms with E-state index in [1.165, 1.54) is 6.26 Å². The van der Waals surface area contributed by atoms with Crippen molar-refractivity contribution in [2.24, 2.45) is 0 Å². The molecule has 1 heterocycles. The summed E-state index contributed by atoms with van der Waals surface area (Å²) in [7, 11) is 0. The molecule has 1 N–H and O–H groups in total. The summed E-state index contributed by atoms with van der Waals surface area (Å²) in [6.07, 6.45) is 1.49. The fourth-order valence-electron chi connectivity index (χ4n) is 1.53. The number of carbonyl (C=O) groups is 1. The molecule has 1 amide bonds. The third-order valence-electron chi connectivity index (χ3n) is 2.30. The van der Waals surface area contributed by atoms with Gasteiger partial charge in [0.2, 0.25) is 0 Å². The number of ether oxygens (including phenoxy) is 1. The van der Waals surface area contributed by atoms with E-state index in [2.05, 4.69) is 5.32 Å². The zero-order chi connectivity index (χ0) is 13.8. The maximum atomic E-state index is 11.8. The van der Waals surface area contributed by atoms with Crippen molar-refractivity contribution in [2.75, 3.05) is 5.32 Å². The number of furan rings is 1. The van der Waals surface area contributed by atoms with Gasteiger partial charge in [0.15, 0.2) is 5.76 Å². The van der Waals surface area contributed by atoms with Crippen molar-refractivity contribution in [1.29, 1.82) is 0 Å². The minimum absolute atomic E-state index is 0.0426. The minimum atomic E-state index is -0.321.